The van der Waals surface area contributed by atoms with Crippen molar-refractivity contribution >= 4 is 16.9 Å². The Balaban J connectivity index is 1.29. The molecule has 0 saturated carbocycles. The van der Waals surface area contributed by atoms with Crippen molar-refractivity contribution in [3.05, 3.63) is 90.0 Å². The van der Waals surface area contributed by atoms with Crippen molar-refractivity contribution in [3.63, 3.8) is 0 Å². The Morgan fingerprint density at radius 1 is 0.971 bits per heavy atom. The maximum absolute atomic E-state index is 13.8. The first kappa shape index (κ1) is 24.3. The summed E-state index contributed by atoms with van der Waals surface area (Å²) in [6, 6.07) is 21.7. The molecule has 0 radical (unpaired) electrons. The molecule has 35 heavy (non-hydrogen) atoms. The Morgan fingerprint density at radius 2 is 1.77 bits per heavy atom. The molecule has 0 aliphatic carbocycles. The lowest BCUT2D eigenvalue weighted by Gasteiger charge is -2.11. The number of amides is 1. The first-order valence-corrected chi connectivity index (χ1v) is 11.9. The zero-order chi connectivity index (χ0) is 24.5. The van der Waals surface area contributed by atoms with E-state index in [1.54, 1.807) is 19.2 Å². The Hall–Kier alpha value is -3.87. The zero-order valence-corrected chi connectivity index (χ0v) is 19.9. The molecule has 0 aliphatic heterocycles. The molecule has 0 spiro atoms. The average molecular weight is 476 g/mol. The lowest BCUT2D eigenvalue weighted by molar-refractivity contribution is 0.0949. The van der Waals surface area contributed by atoms with Gasteiger partial charge in [0.15, 0.2) is 0 Å². The van der Waals surface area contributed by atoms with E-state index in [9.17, 15) is 9.18 Å². The van der Waals surface area contributed by atoms with Gasteiger partial charge in [0.2, 0.25) is 0 Å². The van der Waals surface area contributed by atoms with Crippen LogP contribution >= 0.6 is 0 Å². The monoisotopic (exact) mass is 475 g/mol. The number of para-hydroxylation sites is 2. The summed E-state index contributed by atoms with van der Waals surface area (Å²) in [4.78, 5) is 17.0. The molecule has 0 atom stereocenters. The summed E-state index contributed by atoms with van der Waals surface area (Å²) in [6.07, 6.45) is 3.28. The quantitative estimate of drug-likeness (QED) is 0.279. The highest BCUT2D eigenvalue weighted by atomic mass is 19.1. The Morgan fingerprint density at radius 3 is 2.63 bits per heavy atom. The second kappa shape index (κ2) is 12.0. The summed E-state index contributed by atoms with van der Waals surface area (Å²) < 4.78 is 27.1. The lowest BCUT2D eigenvalue weighted by Crippen LogP contribution is -2.25. The average Bonchev–Trinajstić information content (AvgIpc) is 3.24. The van der Waals surface area contributed by atoms with Gasteiger partial charge in [0.25, 0.3) is 5.91 Å². The molecule has 182 valence electrons. The first-order chi connectivity index (χ1) is 17.2. The minimum absolute atomic E-state index is 0.0657. The van der Waals surface area contributed by atoms with Crippen LogP contribution in [0.1, 0.15) is 35.4 Å². The Labute approximate surface area is 204 Å². The number of nitrogens with one attached hydrogen (secondary N) is 1. The number of imidazole rings is 1. The van der Waals surface area contributed by atoms with Gasteiger partial charge in [-0.1, -0.05) is 30.3 Å². The van der Waals surface area contributed by atoms with Crippen molar-refractivity contribution in [3.8, 4) is 11.5 Å². The molecule has 7 heteroatoms. The minimum Gasteiger partial charge on any atom is -0.497 e. The van der Waals surface area contributed by atoms with E-state index >= 15 is 0 Å². The highest BCUT2D eigenvalue weighted by Crippen LogP contribution is 2.20. The van der Waals surface area contributed by atoms with Gasteiger partial charge in [0.1, 0.15) is 23.1 Å². The van der Waals surface area contributed by atoms with E-state index in [2.05, 4.69) is 16.0 Å². The second-order valence-electron chi connectivity index (χ2n) is 8.24. The number of benzene rings is 3. The van der Waals surface area contributed by atoms with Crippen molar-refractivity contribution in [2.24, 2.45) is 0 Å². The van der Waals surface area contributed by atoms with Crippen LogP contribution in [0.4, 0.5) is 4.39 Å². The van der Waals surface area contributed by atoms with Gasteiger partial charge in [-0.05, 0) is 55.7 Å². The van der Waals surface area contributed by atoms with Crippen molar-refractivity contribution in [2.75, 3.05) is 20.3 Å². The first-order valence-electron chi connectivity index (χ1n) is 11.9. The molecular formula is C28H30FN3O3. The number of aryl methyl sites for hydroxylation is 2. The molecule has 4 aromatic rings. The molecule has 4 rings (SSSR count). The van der Waals surface area contributed by atoms with Crippen LogP contribution in [0.25, 0.3) is 11.0 Å². The van der Waals surface area contributed by atoms with Crippen LogP contribution in [0.15, 0.2) is 72.8 Å². The molecular weight excluding hydrogens is 445 g/mol. The lowest BCUT2D eigenvalue weighted by atomic mass is 10.2. The van der Waals surface area contributed by atoms with E-state index in [4.69, 9.17) is 14.5 Å². The Kier molecular flexibility index (Phi) is 8.33. The maximum Gasteiger partial charge on any atom is 0.254 e. The summed E-state index contributed by atoms with van der Waals surface area (Å²) >= 11 is 0. The van der Waals surface area contributed by atoms with Gasteiger partial charge in [-0.25, -0.2) is 9.37 Å². The van der Waals surface area contributed by atoms with Crippen LogP contribution in [0, 0.1) is 5.82 Å². The van der Waals surface area contributed by atoms with Crippen molar-refractivity contribution in [2.45, 2.75) is 32.2 Å². The number of hydrogen-bond donors (Lipinski definition) is 1. The number of unbranched alkanes of at least 4 members (excludes halogenated alkanes) is 1. The largest absolute Gasteiger partial charge is 0.497 e. The predicted molar refractivity (Wildman–Crippen MR) is 135 cm³/mol. The number of aromatic nitrogens is 2. The number of rotatable bonds is 12. The number of methoxy groups -OCH3 is 1. The van der Waals surface area contributed by atoms with E-state index in [0.29, 0.717) is 26.0 Å². The SMILES string of the molecule is COc1cccc(OCCCCn2c(CCCNC(=O)c3ccccc3F)nc3ccccc32)c1. The second-order valence-corrected chi connectivity index (χ2v) is 8.24. The molecule has 0 fully saturated rings. The summed E-state index contributed by atoms with van der Waals surface area (Å²) in [6.45, 7) is 1.90. The number of halogens is 1. The van der Waals surface area contributed by atoms with Gasteiger partial charge in [0, 0.05) is 25.6 Å². The number of ether oxygens (including phenoxy) is 2. The van der Waals surface area contributed by atoms with E-state index < -0.39 is 11.7 Å². The van der Waals surface area contributed by atoms with Gasteiger partial charge in [0.05, 0.1) is 30.3 Å². The molecule has 0 saturated heterocycles. The van der Waals surface area contributed by atoms with Crippen LogP contribution in [-0.2, 0) is 13.0 Å². The third-order valence-electron chi connectivity index (χ3n) is 5.80. The standard InChI is InChI=1S/C28H30FN3O3/c1-34-21-10-8-11-22(20-21)35-19-7-6-18-32-26-15-5-4-14-25(26)31-27(32)16-9-17-30-28(33)23-12-2-3-13-24(23)29/h2-5,8,10-15,20H,6-7,9,16-19H2,1H3,(H,30,33). The maximum atomic E-state index is 13.8. The minimum atomic E-state index is -0.512. The number of fused-ring (bicyclic) bond motifs is 1. The Bertz CT molecular complexity index is 1270. The molecule has 1 N–H and O–H groups in total. The van der Waals surface area contributed by atoms with Gasteiger partial charge in [-0.2, -0.15) is 0 Å². The predicted octanol–water partition coefficient (Wildman–Crippen LogP) is 5.41. The van der Waals surface area contributed by atoms with Crippen LogP contribution in [-0.4, -0.2) is 35.7 Å². The third kappa shape index (κ3) is 6.38. The van der Waals surface area contributed by atoms with E-state index in [0.717, 1.165) is 47.7 Å². The molecule has 1 aromatic heterocycles. The fourth-order valence-electron chi connectivity index (χ4n) is 4.01. The van der Waals surface area contributed by atoms with Crippen LogP contribution in [0.2, 0.25) is 0 Å². The smallest absolute Gasteiger partial charge is 0.254 e. The molecule has 0 bridgehead atoms. The van der Waals surface area contributed by atoms with Crippen molar-refractivity contribution in [1.29, 1.82) is 0 Å². The summed E-state index contributed by atoms with van der Waals surface area (Å²) in [5, 5.41) is 2.81. The number of carbonyl (C=O) groups is 1. The van der Waals surface area contributed by atoms with E-state index in [1.807, 2.05) is 42.5 Å². The molecule has 3 aromatic carbocycles. The fourth-order valence-corrected chi connectivity index (χ4v) is 4.01. The summed E-state index contributed by atoms with van der Waals surface area (Å²) in [7, 11) is 1.64. The van der Waals surface area contributed by atoms with Crippen molar-refractivity contribution in [1.82, 2.24) is 14.9 Å². The zero-order valence-electron chi connectivity index (χ0n) is 19.9. The van der Waals surface area contributed by atoms with Gasteiger partial charge in [-0.15, -0.1) is 0 Å². The van der Waals surface area contributed by atoms with Crippen LogP contribution < -0.4 is 14.8 Å². The number of carbonyl (C=O) groups excluding carboxylic acids is 1. The van der Waals surface area contributed by atoms with Crippen LogP contribution in [0.5, 0.6) is 11.5 Å². The van der Waals surface area contributed by atoms with E-state index in [-0.39, 0.29) is 5.56 Å². The summed E-state index contributed by atoms with van der Waals surface area (Å²) in [5.41, 5.74) is 2.13. The van der Waals surface area contributed by atoms with Gasteiger partial charge < -0.3 is 19.4 Å². The molecule has 0 aliphatic rings. The third-order valence-corrected chi connectivity index (χ3v) is 5.80. The van der Waals surface area contributed by atoms with Gasteiger partial charge >= 0.3 is 0 Å². The highest BCUT2D eigenvalue weighted by Gasteiger charge is 2.12. The van der Waals surface area contributed by atoms with Crippen LogP contribution in [0.3, 0.4) is 0 Å². The molecule has 0 unspecified atom stereocenters. The summed E-state index contributed by atoms with van der Waals surface area (Å²) in [5.74, 6) is 1.66. The number of nitrogens with zero attached hydrogens (tertiary/aromatic N) is 2. The molecule has 1 amide bonds. The molecule has 1 heterocycles. The highest BCUT2D eigenvalue weighted by molar-refractivity contribution is 5.94. The van der Waals surface area contributed by atoms with Crippen molar-refractivity contribution < 1.29 is 18.7 Å². The fraction of sp³-hybridized carbons (Fsp3) is 0.286. The normalized spacial score (nSPS) is 10.9. The molecule has 6 nitrogen and oxygen atoms in total. The number of hydrogen-bond acceptors (Lipinski definition) is 4. The topological polar surface area (TPSA) is 65.4 Å². The van der Waals surface area contributed by atoms with Gasteiger partial charge in [-0.3, -0.25) is 4.79 Å². The van der Waals surface area contributed by atoms with E-state index in [1.165, 1.54) is 12.1 Å².